The van der Waals surface area contributed by atoms with Crippen LogP contribution in [0, 0.1) is 0 Å². The van der Waals surface area contributed by atoms with E-state index in [1.807, 2.05) is 32.0 Å². The van der Waals surface area contributed by atoms with Gasteiger partial charge in [-0.05, 0) is 38.8 Å². The summed E-state index contributed by atoms with van der Waals surface area (Å²) in [6.45, 7) is 6.05. The van der Waals surface area contributed by atoms with E-state index in [0.29, 0.717) is 6.04 Å². The van der Waals surface area contributed by atoms with Crippen LogP contribution in [0.2, 0.25) is 0 Å². The van der Waals surface area contributed by atoms with Crippen LogP contribution >= 0.6 is 0 Å². The van der Waals surface area contributed by atoms with Crippen molar-refractivity contribution in [1.29, 1.82) is 0 Å². The normalized spacial score (nSPS) is 17.2. The van der Waals surface area contributed by atoms with Crippen molar-refractivity contribution in [3.05, 3.63) is 30.6 Å². The Balaban J connectivity index is 1.47. The number of rotatable bonds is 7. The largest absolute Gasteiger partial charge is 0.351 e. The van der Waals surface area contributed by atoms with Crippen molar-refractivity contribution >= 4 is 17.5 Å². The Morgan fingerprint density at radius 3 is 3.00 bits per heavy atom. The maximum atomic E-state index is 12.2. The summed E-state index contributed by atoms with van der Waals surface area (Å²) < 4.78 is 1.80. The number of carbonyl (C=O) groups excluding carboxylic acids is 1. The van der Waals surface area contributed by atoms with Crippen molar-refractivity contribution in [3.8, 4) is 0 Å². The summed E-state index contributed by atoms with van der Waals surface area (Å²) in [5.74, 6) is 1.56. The second-order valence-electron chi connectivity index (χ2n) is 6.51. The van der Waals surface area contributed by atoms with Crippen molar-refractivity contribution in [2.45, 2.75) is 38.8 Å². The van der Waals surface area contributed by atoms with Crippen LogP contribution in [0.4, 0.5) is 11.6 Å². The Hall–Kier alpha value is -2.48. The third-order valence-electron chi connectivity index (χ3n) is 4.32. The predicted octanol–water partition coefficient (Wildman–Crippen LogP) is 1.45. The third-order valence-corrected chi connectivity index (χ3v) is 4.32. The van der Waals surface area contributed by atoms with Gasteiger partial charge in [0.05, 0.1) is 12.7 Å². The summed E-state index contributed by atoms with van der Waals surface area (Å²) in [6, 6.07) is 6.23. The molecule has 8 nitrogen and oxygen atoms in total. The number of hydrogen-bond acceptors (Lipinski definition) is 6. The first-order chi connectivity index (χ1) is 12.1. The van der Waals surface area contributed by atoms with Gasteiger partial charge in [-0.25, -0.2) is 4.68 Å². The Morgan fingerprint density at radius 2 is 2.24 bits per heavy atom. The predicted molar refractivity (Wildman–Crippen MR) is 96.5 cm³/mol. The highest BCUT2D eigenvalue weighted by Crippen LogP contribution is 2.22. The molecule has 2 N–H and O–H groups in total. The van der Waals surface area contributed by atoms with Gasteiger partial charge in [-0.15, -0.1) is 5.10 Å². The van der Waals surface area contributed by atoms with Gasteiger partial charge in [-0.3, -0.25) is 4.79 Å². The fourth-order valence-corrected chi connectivity index (χ4v) is 3.16. The van der Waals surface area contributed by atoms with Gasteiger partial charge in [0.2, 0.25) is 5.91 Å². The van der Waals surface area contributed by atoms with Crippen LogP contribution in [-0.2, 0) is 4.79 Å². The highest BCUT2D eigenvalue weighted by Gasteiger charge is 2.25. The average Bonchev–Trinajstić information content (AvgIpc) is 3.25. The number of nitrogens with one attached hydrogen (secondary N) is 2. The Labute approximate surface area is 147 Å². The van der Waals surface area contributed by atoms with Gasteiger partial charge in [-0.1, -0.05) is 0 Å². The fraction of sp³-hybridized carbons (Fsp3) is 0.529. The van der Waals surface area contributed by atoms with Crippen molar-refractivity contribution in [3.63, 3.8) is 0 Å². The van der Waals surface area contributed by atoms with E-state index in [1.54, 1.807) is 17.1 Å². The number of nitrogens with zero attached hydrogens (tertiary/aromatic N) is 5. The maximum Gasteiger partial charge on any atom is 0.239 e. The lowest BCUT2D eigenvalue weighted by molar-refractivity contribution is -0.115. The molecule has 0 spiro atoms. The van der Waals surface area contributed by atoms with Crippen LogP contribution in [0.5, 0.6) is 0 Å². The molecule has 1 unspecified atom stereocenters. The van der Waals surface area contributed by atoms with E-state index in [0.717, 1.165) is 37.6 Å². The molecule has 1 saturated heterocycles. The molecule has 2 aromatic rings. The molecule has 0 aromatic carbocycles. The summed E-state index contributed by atoms with van der Waals surface area (Å²) in [5, 5.41) is 18.5. The van der Waals surface area contributed by atoms with Crippen LogP contribution in [-0.4, -0.2) is 51.6 Å². The van der Waals surface area contributed by atoms with E-state index in [1.165, 1.54) is 0 Å². The average molecular weight is 343 g/mol. The van der Waals surface area contributed by atoms with Gasteiger partial charge in [0.15, 0.2) is 5.82 Å². The lowest BCUT2D eigenvalue weighted by atomic mass is 10.2. The van der Waals surface area contributed by atoms with Crippen LogP contribution in [0.15, 0.2) is 30.6 Å². The van der Waals surface area contributed by atoms with Gasteiger partial charge in [0.25, 0.3) is 0 Å². The Morgan fingerprint density at radius 1 is 1.36 bits per heavy atom. The zero-order chi connectivity index (χ0) is 17.6. The molecule has 1 atom stereocenters. The smallest absolute Gasteiger partial charge is 0.239 e. The SMILES string of the molecule is CC(C)n1nccc1NC(=O)CNCC1CCCN1c1cccnn1. The number of hydrogen-bond donors (Lipinski definition) is 2. The standard InChI is InChI=1S/C17H25N7O/c1-13(2)24-15(7-9-20-24)21-17(25)12-18-11-14-5-4-10-23(14)16-6-3-8-19-22-16/h3,6-9,13-14,18H,4-5,10-12H2,1-2H3,(H,21,25). The van der Waals surface area contributed by atoms with Crippen molar-refractivity contribution in [1.82, 2.24) is 25.3 Å². The van der Waals surface area contributed by atoms with Crippen molar-refractivity contribution < 1.29 is 4.79 Å². The molecule has 1 aliphatic rings. The molecule has 25 heavy (non-hydrogen) atoms. The maximum absolute atomic E-state index is 12.2. The van der Waals surface area contributed by atoms with Gasteiger partial charge < -0.3 is 15.5 Å². The summed E-state index contributed by atoms with van der Waals surface area (Å²) >= 11 is 0. The molecule has 0 saturated carbocycles. The zero-order valence-corrected chi connectivity index (χ0v) is 14.7. The molecule has 0 bridgehead atoms. The van der Waals surface area contributed by atoms with Crippen molar-refractivity contribution in [2.24, 2.45) is 0 Å². The molecule has 1 aliphatic heterocycles. The molecule has 0 aliphatic carbocycles. The van der Waals surface area contributed by atoms with Gasteiger partial charge >= 0.3 is 0 Å². The number of amides is 1. The molecular weight excluding hydrogens is 318 g/mol. The zero-order valence-electron chi connectivity index (χ0n) is 14.7. The minimum Gasteiger partial charge on any atom is -0.351 e. The molecule has 3 rings (SSSR count). The molecule has 1 amide bonds. The van der Waals surface area contributed by atoms with E-state index in [4.69, 9.17) is 0 Å². The van der Waals surface area contributed by atoms with Gasteiger partial charge in [-0.2, -0.15) is 10.2 Å². The van der Waals surface area contributed by atoms with Crippen LogP contribution < -0.4 is 15.5 Å². The molecule has 1 fully saturated rings. The molecule has 134 valence electrons. The summed E-state index contributed by atoms with van der Waals surface area (Å²) in [7, 11) is 0. The Kier molecular flexibility index (Phi) is 5.60. The van der Waals surface area contributed by atoms with E-state index in [9.17, 15) is 4.79 Å². The molecule has 0 radical (unpaired) electrons. The minimum absolute atomic E-state index is 0.0635. The number of aromatic nitrogens is 4. The first-order valence-corrected chi connectivity index (χ1v) is 8.73. The van der Waals surface area contributed by atoms with Crippen LogP contribution in [0.1, 0.15) is 32.7 Å². The van der Waals surface area contributed by atoms with Gasteiger partial charge in [0, 0.05) is 37.4 Å². The van der Waals surface area contributed by atoms with Crippen LogP contribution in [0.25, 0.3) is 0 Å². The van der Waals surface area contributed by atoms with Gasteiger partial charge in [0.1, 0.15) is 5.82 Å². The van der Waals surface area contributed by atoms with E-state index >= 15 is 0 Å². The number of carbonyl (C=O) groups is 1. The second-order valence-corrected chi connectivity index (χ2v) is 6.51. The first-order valence-electron chi connectivity index (χ1n) is 8.73. The monoisotopic (exact) mass is 343 g/mol. The topological polar surface area (TPSA) is 88.0 Å². The highest BCUT2D eigenvalue weighted by atomic mass is 16.2. The molecule has 8 heteroatoms. The lowest BCUT2D eigenvalue weighted by Crippen LogP contribution is -2.41. The molecule has 2 aromatic heterocycles. The van der Waals surface area contributed by atoms with Crippen LogP contribution in [0.3, 0.4) is 0 Å². The Bertz CT molecular complexity index is 685. The minimum atomic E-state index is -0.0635. The molecular formula is C17H25N7O. The summed E-state index contributed by atoms with van der Waals surface area (Å²) in [5.41, 5.74) is 0. The lowest BCUT2D eigenvalue weighted by Gasteiger charge is -2.25. The van der Waals surface area contributed by atoms with Crippen molar-refractivity contribution in [2.75, 3.05) is 29.9 Å². The second kappa shape index (κ2) is 8.06. The third kappa shape index (κ3) is 4.33. The summed E-state index contributed by atoms with van der Waals surface area (Å²) in [6.07, 6.45) is 5.59. The molecule has 3 heterocycles. The number of anilines is 2. The van der Waals surface area contributed by atoms with E-state index in [-0.39, 0.29) is 18.5 Å². The quantitative estimate of drug-likeness (QED) is 0.791. The summed E-state index contributed by atoms with van der Waals surface area (Å²) in [4.78, 5) is 14.4. The first kappa shape index (κ1) is 17.3. The van der Waals surface area contributed by atoms with E-state index < -0.39 is 0 Å². The van der Waals surface area contributed by atoms with E-state index in [2.05, 4.69) is 30.8 Å². The highest BCUT2D eigenvalue weighted by molar-refractivity contribution is 5.91. The fourth-order valence-electron chi connectivity index (χ4n) is 3.16.